The predicted octanol–water partition coefficient (Wildman–Crippen LogP) is 0.481. The summed E-state index contributed by atoms with van der Waals surface area (Å²) in [6, 6.07) is 3.08. The second-order valence-corrected chi connectivity index (χ2v) is 4.61. The van der Waals surface area contributed by atoms with Crippen molar-refractivity contribution >= 4 is 10.0 Å². The highest BCUT2D eigenvalue weighted by Crippen LogP contribution is 2.05. The van der Waals surface area contributed by atoms with Gasteiger partial charge in [0.15, 0.2) is 5.03 Å². The minimum absolute atomic E-state index is 0.0472. The Kier molecular flexibility index (Phi) is 2.57. The van der Waals surface area contributed by atoms with Crippen LogP contribution in [0.15, 0.2) is 40.3 Å². The zero-order valence-corrected chi connectivity index (χ0v) is 8.49. The third-order valence-corrected chi connectivity index (χ3v) is 3.14. The first-order valence-corrected chi connectivity index (χ1v) is 5.67. The van der Waals surface area contributed by atoms with Gasteiger partial charge in [-0.1, -0.05) is 0 Å². The van der Waals surface area contributed by atoms with Gasteiger partial charge in [-0.15, -0.1) is 0 Å². The van der Waals surface area contributed by atoms with Crippen molar-refractivity contribution in [2.75, 3.05) is 0 Å². The van der Waals surface area contributed by atoms with Gasteiger partial charge in [0.2, 0.25) is 0 Å². The van der Waals surface area contributed by atoms with Gasteiger partial charge < -0.3 is 4.42 Å². The minimum atomic E-state index is -3.50. The van der Waals surface area contributed by atoms with Crippen LogP contribution in [-0.2, 0) is 16.6 Å². The van der Waals surface area contributed by atoms with E-state index in [0.717, 1.165) is 5.56 Å². The Bertz CT molecular complexity index is 501. The van der Waals surface area contributed by atoms with E-state index in [-0.39, 0.29) is 11.6 Å². The lowest BCUT2D eigenvalue weighted by Crippen LogP contribution is -2.23. The number of aromatic amines is 1. The molecule has 0 atom stereocenters. The number of rotatable bonds is 4. The van der Waals surface area contributed by atoms with Crippen LogP contribution in [0.4, 0.5) is 0 Å². The number of nitrogens with one attached hydrogen (secondary N) is 2. The normalized spacial score (nSPS) is 11.7. The molecule has 0 saturated carbocycles. The molecule has 0 fully saturated rings. The van der Waals surface area contributed by atoms with E-state index >= 15 is 0 Å². The highest BCUT2D eigenvalue weighted by atomic mass is 32.2. The Morgan fingerprint density at radius 3 is 2.93 bits per heavy atom. The number of sulfonamides is 1. The van der Waals surface area contributed by atoms with E-state index in [1.165, 1.54) is 24.8 Å². The molecule has 2 rings (SSSR count). The van der Waals surface area contributed by atoms with Crippen LogP contribution in [0.3, 0.4) is 0 Å². The molecule has 0 unspecified atom stereocenters. The molecule has 2 heterocycles. The number of hydrogen-bond acceptors (Lipinski definition) is 4. The first kappa shape index (κ1) is 9.94. The highest BCUT2D eigenvalue weighted by Gasteiger charge is 2.14. The monoisotopic (exact) mass is 227 g/mol. The Morgan fingerprint density at radius 2 is 2.33 bits per heavy atom. The van der Waals surface area contributed by atoms with E-state index in [9.17, 15) is 8.42 Å². The fourth-order valence-corrected chi connectivity index (χ4v) is 1.97. The van der Waals surface area contributed by atoms with Crippen molar-refractivity contribution < 1.29 is 12.8 Å². The molecule has 7 heteroatoms. The number of nitrogens with zero attached hydrogens (tertiary/aromatic N) is 1. The molecule has 0 saturated heterocycles. The van der Waals surface area contributed by atoms with Gasteiger partial charge in [0, 0.05) is 12.1 Å². The summed E-state index contributed by atoms with van der Waals surface area (Å²) in [5, 5.41) is 6.00. The van der Waals surface area contributed by atoms with Gasteiger partial charge in [-0.3, -0.25) is 5.10 Å². The van der Waals surface area contributed by atoms with Crippen molar-refractivity contribution in [3.8, 4) is 0 Å². The summed E-state index contributed by atoms with van der Waals surface area (Å²) in [5.41, 5.74) is 0.762. The largest absolute Gasteiger partial charge is 0.472 e. The van der Waals surface area contributed by atoms with Crippen LogP contribution in [0.25, 0.3) is 0 Å². The van der Waals surface area contributed by atoms with Crippen LogP contribution < -0.4 is 4.72 Å². The lowest BCUT2D eigenvalue weighted by atomic mass is 10.4. The van der Waals surface area contributed by atoms with Crippen LogP contribution in [0.5, 0.6) is 0 Å². The van der Waals surface area contributed by atoms with Crippen molar-refractivity contribution in [3.05, 3.63) is 36.4 Å². The maximum Gasteiger partial charge on any atom is 0.257 e. The Morgan fingerprint density at radius 1 is 1.47 bits per heavy atom. The minimum Gasteiger partial charge on any atom is -0.472 e. The molecular formula is C8H9N3O3S. The molecule has 2 aromatic heterocycles. The van der Waals surface area contributed by atoms with Gasteiger partial charge in [0.1, 0.15) is 0 Å². The summed E-state index contributed by atoms with van der Waals surface area (Å²) >= 11 is 0. The molecular weight excluding hydrogens is 218 g/mol. The molecule has 0 aliphatic heterocycles. The quantitative estimate of drug-likeness (QED) is 0.795. The Balaban J connectivity index is 2.06. The van der Waals surface area contributed by atoms with Crippen molar-refractivity contribution in [1.82, 2.24) is 14.9 Å². The van der Waals surface area contributed by atoms with Crippen molar-refractivity contribution in [2.24, 2.45) is 0 Å². The second kappa shape index (κ2) is 3.87. The van der Waals surface area contributed by atoms with Crippen LogP contribution >= 0.6 is 0 Å². The van der Waals surface area contributed by atoms with E-state index in [0.29, 0.717) is 0 Å². The molecule has 2 aromatic rings. The predicted molar refractivity (Wildman–Crippen MR) is 51.3 cm³/mol. The molecule has 0 aliphatic carbocycles. The molecule has 0 spiro atoms. The fraction of sp³-hybridized carbons (Fsp3) is 0.125. The smallest absolute Gasteiger partial charge is 0.257 e. The van der Waals surface area contributed by atoms with E-state index in [1.807, 2.05) is 0 Å². The van der Waals surface area contributed by atoms with Gasteiger partial charge in [-0.05, 0) is 12.1 Å². The molecule has 15 heavy (non-hydrogen) atoms. The Hall–Kier alpha value is -1.60. The van der Waals surface area contributed by atoms with Gasteiger partial charge in [-0.25, -0.2) is 13.1 Å². The second-order valence-electron chi connectivity index (χ2n) is 2.88. The maximum absolute atomic E-state index is 11.6. The average Bonchev–Trinajstić information content (AvgIpc) is 2.88. The average molecular weight is 227 g/mol. The highest BCUT2D eigenvalue weighted by molar-refractivity contribution is 7.89. The summed E-state index contributed by atoms with van der Waals surface area (Å²) in [6.07, 6.45) is 4.35. The third-order valence-electron chi connectivity index (χ3n) is 1.81. The summed E-state index contributed by atoms with van der Waals surface area (Å²) in [4.78, 5) is 0. The van der Waals surface area contributed by atoms with Crippen molar-refractivity contribution in [3.63, 3.8) is 0 Å². The van der Waals surface area contributed by atoms with Crippen LogP contribution in [0.2, 0.25) is 0 Å². The zero-order valence-electron chi connectivity index (χ0n) is 7.67. The maximum atomic E-state index is 11.6. The Labute approximate surface area is 86.4 Å². The van der Waals surface area contributed by atoms with E-state index < -0.39 is 10.0 Å². The number of aromatic nitrogens is 2. The lowest BCUT2D eigenvalue weighted by molar-refractivity contribution is 0.560. The summed E-state index contributed by atoms with van der Waals surface area (Å²) in [5.74, 6) is 0. The van der Waals surface area contributed by atoms with E-state index in [2.05, 4.69) is 14.9 Å². The van der Waals surface area contributed by atoms with Gasteiger partial charge in [0.05, 0.1) is 18.7 Å². The number of hydrogen-bond donors (Lipinski definition) is 2. The van der Waals surface area contributed by atoms with Crippen LogP contribution in [0, 0.1) is 0 Å². The van der Waals surface area contributed by atoms with Crippen LogP contribution in [0.1, 0.15) is 5.56 Å². The summed E-state index contributed by atoms with van der Waals surface area (Å²) < 4.78 is 30.4. The summed E-state index contributed by atoms with van der Waals surface area (Å²) in [7, 11) is -3.50. The number of H-pyrrole nitrogens is 1. The molecule has 2 N–H and O–H groups in total. The molecule has 0 aromatic carbocycles. The van der Waals surface area contributed by atoms with Gasteiger partial charge in [0.25, 0.3) is 10.0 Å². The van der Waals surface area contributed by atoms with Crippen molar-refractivity contribution in [1.29, 1.82) is 0 Å². The van der Waals surface area contributed by atoms with E-state index in [4.69, 9.17) is 4.42 Å². The first-order valence-electron chi connectivity index (χ1n) is 4.18. The lowest BCUT2D eigenvalue weighted by Gasteiger charge is -2.01. The summed E-state index contributed by atoms with van der Waals surface area (Å²) in [6.45, 7) is 0.192. The molecule has 80 valence electrons. The third kappa shape index (κ3) is 2.25. The first-order chi connectivity index (χ1) is 7.18. The molecule has 0 aliphatic rings. The van der Waals surface area contributed by atoms with Crippen LogP contribution in [-0.4, -0.2) is 18.6 Å². The standard InChI is InChI=1S/C8H9N3O3S/c12-15(13,8-1-3-9-11-8)10-5-7-2-4-14-6-7/h1-4,6,10H,5H2,(H,9,11). The topological polar surface area (TPSA) is 88.0 Å². The van der Waals surface area contributed by atoms with Gasteiger partial charge >= 0.3 is 0 Å². The molecule has 0 radical (unpaired) electrons. The van der Waals surface area contributed by atoms with Gasteiger partial charge in [-0.2, -0.15) is 5.10 Å². The number of furan rings is 1. The fourth-order valence-electron chi connectivity index (χ4n) is 1.04. The SMILES string of the molecule is O=S(=O)(NCc1ccoc1)c1ccn[nH]1. The molecule has 6 nitrogen and oxygen atoms in total. The zero-order chi connectivity index (χ0) is 10.7. The molecule has 0 amide bonds. The van der Waals surface area contributed by atoms with E-state index in [1.54, 1.807) is 6.07 Å². The van der Waals surface area contributed by atoms with Crippen molar-refractivity contribution in [2.45, 2.75) is 11.6 Å². The molecule has 0 bridgehead atoms.